The Morgan fingerprint density at radius 3 is 2.55 bits per heavy atom. The van der Waals surface area contributed by atoms with Gasteiger partial charge in [-0.1, -0.05) is 0 Å². The van der Waals surface area contributed by atoms with Crippen molar-refractivity contribution in [2.75, 3.05) is 6.54 Å². The lowest BCUT2D eigenvalue weighted by atomic mass is 10.1. The SMILES string of the molecule is CCn1cc(C(=O)NCCn2nc(-c3ccc(F)cc3)ccc2=O)c(=O)c2ccc(C)nc21. The number of benzene rings is 1. The quantitative estimate of drug-likeness (QED) is 0.490. The number of fused-ring (bicyclic) bond motifs is 1. The van der Waals surface area contributed by atoms with E-state index in [9.17, 15) is 18.8 Å². The molecule has 0 radical (unpaired) electrons. The Balaban J connectivity index is 1.53. The van der Waals surface area contributed by atoms with E-state index in [1.165, 1.54) is 29.1 Å². The van der Waals surface area contributed by atoms with Gasteiger partial charge in [0.1, 0.15) is 17.0 Å². The van der Waals surface area contributed by atoms with Crippen molar-refractivity contribution in [3.8, 4) is 11.3 Å². The van der Waals surface area contributed by atoms with Crippen LogP contribution in [0.3, 0.4) is 0 Å². The van der Waals surface area contributed by atoms with Gasteiger partial charge >= 0.3 is 0 Å². The molecule has 0 bridgehead atoms. The molecule has 0 aliphatic carbocycles. The molecule has 3 aromatic heterocycles. The highest BCUT2D eigenvalue weighted by Gasteiger charge is 2.16. The molecule has 33 heavy (non-hydrogen) atoms. The predicted molar refractivity (Wildman–Crippen MR) is 123 cm³/mol. The fraction of sp³-hybridized carbons (Fsp3) is 0.208. The van der Waals surface area contributed by atoms with Gasteiger partial charge in [-0.3, -0.25) is 14.4 Å². The lowest BCUT2D eigenvalue weighted by Crippen LogP contribution is -2.34. The number of carbonyl (C=O) groups excluding carboxylic acids is 1. The molecule has 3 heterocycles. The summed E-state index contributed by atoms with van der Waals surface area (Å²) in [5, 5.41) is 7.35. The zero-order valence-corrected chi connectivity index (χ0v) is 18.2. The molecule has 0 unspecified atom stereocenters. The molecule has 8 nitrogen and oxygen atoms in total. The predicted octanol–water partition coefficient (Wildman–Crippen LogP) is 2.52. The minimum absolute atomic E-state index is 0.00960. The van der Waals surface area contributed by atoms with Crippen molar-refractivity contribution < 1.29 is 9.18 Å². The summed E-state index contributed by atoms with van der Waals surface area (Å²) in [6.07, 6.45) is 1.51. The van der Waals surface area contributed by atoms with Crippen molar-refractivity contribution in [2.45, 2.75) is 26.9 Å². The average molecular weight is 447 g/mol. The molecule has 4 rings (SSSR count). The van der Waals surface area contributed by atoms with Crippen LogP contribution in [0.4, 0.5) is 4.39 Å². The summed E-state index contributed by atoms with van der Waals surface area (Å²) < 4.78 is 16.1. The normalized spacial score (nSPS) is 11.0. The molecule has 1 N–H and O–H groups in total. The van der Waals surface area contributed by atoms with Crippen LogP contribution in [0.2, 0.25) is 0 Å². The van der Waals surface area contributed by atoms with Crippen LogP contribution in [0.1, 0.15) is 23.0 Å². The molecule has 0 saturated heterocycles. The maximum atomic E-state index is 13.2. The van der Waals surface area contributed by atoms with E-state index >= 15 is 0 Å². The minimum Gasteiger partial charge on any atom is -0.350 e. The number of carbonyl (C=O) groups is 1. The summed E-state index contributed by atoms with van der Waals surface area (Å²) in [7, 11) is 0. The molecule has 0 fully saturated rings. The average Bonchev–Trinajstić information content (AvgIpc) is 2.81. The first-order valence-electron chi connectivity index (χ1n) is 10.5. The summed E-state index contributed by atoms with van der Waals surface area (Å²) in [6, 6.07) is 12.1. The molecule has 0 spiro atoms. The Bertz CT molecular complexity index is 1460. The zero-order chi connectivity index (χ0) is 23.5. The maximum Gasteiger partial charge on any atom is 0.266 e. The first-order chi connectivity index (χ1) is 15.9. The number of rotatable bonds is 6. The molecule has 1 aromatic carbocycles. The molecule has 9 heteroatoms. The molecule has 4 aromatic rings. The largest absolute Gasteiger partial charge is 0.350 e. The van der Waals surface area contributed by atoms with Gasteiger partial charge in [-0.15, -0.1) is 0 Å². The van der Waals surface area contributed by atoms with Crippen LogP contribution >= 0.6 is 0 Å². The second kappa shape index (κ2) is 9.15. The number of hydrogen-bond donors (Lipinski definition) is 1. The molecule has 0 aliphatic heterocycles. The van der Waals surface area contributed by atoms with E-state index in [0.29, 0.717) is 28.8 Å². The summed E-state index contributed by atoms with van der Waals surface area (Å²) >= 11 is 0. The Hall–Kier alpha value is -4.14. The van der Waals surface area contributed by atoms with Crippen LogP contribution in [-0.4, -0.2) is 31.8 Å². The molecule has 0 atom stereocenters. The lowest BCUT2D eigenvalue weighted by molar-refractivity contribution is 0.0950. The second-order valence-electron chi connectivity index (χ2n) is 7.52. The van der Waals surface area contributed by atoms with Crippen molar-refractivity contribution in [3.05, 3.63) is 92.4 Å². The van der Waals surface area contributed by atoms with Crippen molar-refractivity contribution in [2.24, 2.45) is 0 Å². The third kappa shape index (κ3) is 4.57. The van der Waals surface area contributed by atoms with Gasteiger partial charge in [0.25, 0.3) is 11.5 Å². The fourth-order valence-corrected chi connectivity index (χ4v) is 3.52. The zero-order valence-electron chi connectivity index (χ0n) is 18.2. The standard InChI is InChI=1S/C24H22FN5O3/c1-3-29-14-19(22(32)18-9-4-15(2)27-23(18)29)24(33)26-12-13-30-21(31)11-10-20(28-30)16-5-7-17(25)8-6-16/h4-11,14H,3,12-13H2,1-2H3,(H,26,33). The summed E-state index contributed by atoms with van der Waals surface area (Å²) in [5.74, 6) is -0.899. The highest BCUT2D eigenvalue weighted by molar-refractivity contribution is 5.96. The van der Waals surface area contributed by atoms with Crippen LogP contribution < -0.4 is 16.3 Å². The Morgan fingerprint density at radius 1 is 1.06 bits per heavy atom. The fourth-order valence-electron chi connectivity index (χ4n) is 3.52. The molecule has 0 saturated carbocycles. The molecule has 1 amide bonds. The highest BCUT2D eigenvalue weighted by Crippen LogP contribution is 2.15. The molecule has 0 aliphatic rings. The number of pyridine rings is 2. The number of hydrogen-bond acceptors (Lipinski definition) is 5. The molecular formula is C24H22FN5O3. The van der Waals surface area contributed by atoms with E-state index in [-0.39, 0.29) is 30.0 Å². The van der Waals surface area contributed by atoms with Gasteiger partial charge in [0.15, 0.2) is 0 Å². The van der Waals surface area contributed by atoms with E-state index in [1.807, 2.05) is 13.8 Å². The van der Waals surface area contributed by atoms with E-state index in [1.54, 1.807) is 34.9 Å². The van der Waals surface area contributed by atoms with Gasteiger partial charge in [0.05, 0.1) is 17.6 Å². The summed E-state index contributed by atoms with van der Waals surface area (Å²) in [5.41, 5.74) is 1.76. The van der Waals surface area contributed by atoms with Gasteiger partial charge < -0.3 is 9.88 Å². The van der Waals surface area contributed by atoms with Crippen LogP contribution in [0.25, 0.3) is 22.3 Å². The van der Waals surface area contributed by atoms with Crippen LogP contribution in [0.15, 0.2) is 64.3 Å². The van der Waals surface area contributed by atoms with Crippen molar-refractivity contribution >= 4 is 16.9 Å². The van der Waals surface area contributed by atoms with Gasteiger partial charge in [-0.2, -0.15) is 5.10 Å². The van der Waals surface area contributed by atoms with Crippen molar-refractivity contribution in [1.82, 2.24) is 24.6 Å². The summed E-state index contributed by atoms with van der Waals surface area (Å²) in [4.78, 5) is 42.2. The van der Waals surface area contributed by atoms with Crippen molar-refractivity contribution in [1.29, 1.82) is 0 Å². The van der Waals surface area contributed by atoms with Crippen molar-refractivity contribution in [3.63, 3.8) is 0 Å². The van der Waals surface area contributed by atoms with Gasteiger partial charge in [0.2, 0.25) is 5.43 Å². The minimum atomic E-state index is -0.535. The van der Waals surface area contributed by atoms with E-state index < -0.39 is 11.3 Å². The first kappa shape index (κ1) is 22.1. The number of halogens is 1. The number of amides is 1. The van der Waals surface area contributed by atoms with Crippen LogP contribution in [0, 0.1) is 12.7 Å². The Kier molecular flexibility index (Phi) is 6.12. The first-order valence-corrected chi connectivity index (χ1v) is 10.5. The maximum absolute atomic E-state index is 13.2. The highest BCUT2D eigenvalue weighted by atomic mass is 19.1. The molecular weight excluding hydrogens is 425 g/mol. The lowest BCUT2D eigenvalue weighted by Gasteiger charge is -2.12. The van der Waals surface area contributed by atoms with Gasteiger partial charge in [-0.25, -0.2) is 14.1 Å². The Morgan fingerprint density at radius 2 is 1.82 bits per heavy atom. The number of nitrogens with zero attached hydrogens (tertiary/aromatic N) is 4. The number of aryl methyl sites for hydroxylation is 2. The van der Waals surface area contributed by atoms with Gasteiger partial charge in [-0.05, 0) is 56.3 Å². The van der Waals surface area contributed by atoms with E-state index in [4.69, 9.17) is 0 Å². The van der Waals surface area contributed by atoms with Crippen LogP contribution in [-0.2, 0) is 13.1 Å². The smallest absolute Gasteiger partial charge is 0.266 e. The van der Waals surface area contributed by atoms with E-state index in [0.717, 1.165) is 5.69 Å². The van der Waals surface area contributed by atoms with Gasteiger partial charge in [0, 0.05) is 36.6 Å². The van der Waals surface area contributed by atoms with E-state index in [2.05, 4.69) is 15.4 Å². The molecule has 168 valence electrons. The number of aromatic nitrogens is 4. The summed E-state index contributed by atoms with van der Waals surface area (Å²) in [6.45, 7) is 4.49. The number of nitrogens with one attached hydrogen (secondary N) is 1. The third-order valence-electron chi connectivity index (χ3n) is 5.26. The van der Waals surface area contributed by atoms with Crippen LogP contribution in [0.5, 0.6) is 0 Å². The second-order valence-corrected chi connectivity index (χ2v) is 7.52. The Labute approximate surface area is 188 Å². The topological polar surface area (TPSA) is 98.9 Å². The monoisotopic (exact) mass is 447 g/mol. The third-order valence-corrected chi connectivity index (χ3v) is 5.26.